The highest BCUT2D eigenvalue weighted by molar-refractivity contribution is 5.79. The van der Waals surface area contributed by atoms with Gasteiger partial charge in [0.25, 0.3) is 0 Å². The van der Waals surface area contributed by atoms with Gasteiger partial charge in [-0.1, -0.05) is 0 Å². The summed E-state index contributed by atoms with van der Waals surface area (Å²) in [5.74, 6) is -0.785. The van der Waals surface area contributed by atoms with Gasteiger partial charge in [-0.25, -0.2) is 0 Å². The smallest absolute Gasteiger partial charge is 0.382 e. The lowest BCUT2D eigenvalue weighted by Crippen LogP contribution is -2.42. The highest BCUT2D eigenvalue weighted by Gasteiger charge is 2.38. The largest absolute Gasteiger partial charge is 0.416 e. The van der Waals surface area contributed by atoms with E-state index in [-0.39, 0.29) is 12.0 Å². The molecule has 0 radical (unpaired) electrons. The van der Waals surface area contributed by atoms with E-state index in [4.69, 9.17) is 10.8 Å². The maximum Gasteiger partial charge on any atom is 0.416 e. The van der Waals surface area contributed by atoms with Crippen LogP contribution < -0.4 is 11.1 Å². The molecule has 4 N–H and O–H groups in total. The van der Waals surface area contributed by atoms with Crippen molar-refractivity contribution in [3.8, 4) is 0 Å². The van der Waals surface area contributed by atoms with E-state index in [0.29, 0.717) is 19.3 Å². The molecule has 16 heavy (non-hydrogen) atoms. The van der Waals surface area contributed by atoms with E-state index in [0.717, 1.165) is 0 Å². The molecule has 0 saturated heterocycles. The highest BCUT2D eigenvalue weighted by Crippen LogP contribution is 2.24. The highest BCUT2D eigenvalue weighted by atomic mass is 19.4. The second-order valence-corrected chi connectivity index (χ2v) is 4.07. The minimum absolute atomic E-state index is 0.0525. The summed E-state index contributed by atoms with van der Waals surface area (Å²) in [6.45, 7) is -0.798. The molecule has 3 unspecified atom stereocenters. The van der Waals surface area contributed by atoms with Gasteiger partial charge in [0.05, 0.1) is 6.54 Å². The Morgan fingerprint density at radius 3 is 2.56 bits per heavy atom. The summed E-state index contributed by atoms with van der Waals surface area (Å²) in [6, 6.07) is -0.0525. The zero-order chi connectivity index (χ0) is 12.3. The summed E-state index contributed by atoms with van der Waals surface area (Å²) in [5, 5.41) is 10.8. The van der Waals surface area contributed by atoms with Gasteiger partial charge in [0.2, 0.25) is 5.91 Å². The van der Waals surface area contributed by atoms with Crippen LogP contribution in [0.2, 0.25) is 0 Å². The quantitative estimate of drug-likeness (QED) is 0.657. The maximum atomic E-state index is 11.9. The molecular formula is C9H15F3N2O2. The van der Waals surface area contributed by atoms with Crippen molar-refractivity contribution in [3.63, 3.8) is 0 Å². The second kappa shape index (κ2) is 5.01. The van der Waals surface area contributed by atoms with Gasteiger partial charge in [-0.2, -0.15) is 13.2 Å². The Morgan fingerprint density at radius 2 is 2.12 bits per heavy atom. The topological polar surface area (TPSA) is 75.4 Å². The van der Waals surface area contributed by atoms with E-state index >= 15 is 0 Å². The average Bonchev–Trinajstić information content (AvgIpc) is 2.59. The molecule has 0 spiro atoms. The van der Waals surface area contributed by atoms with Gasteiger partial charge >= 0.3 is 6.18 Å². The summed E-state index contributed by atoms with van der Waals surface area (Å²) in [6.07, 6.45) is -5.41. The zero-order valence-corrected chi connectivity index (χ0v) is 8.63. The number of aliphatic hydroxyl groups is 1. The summed E-state index contributed by atoms with van der Waals surface area (Å²) in [4.78, 5) is 11.4. The summed E-state index contributed by atoms with van der Waals surface area (Å²) in [7, 11) is 0. The minimum atomic E-state index is -4.70. The van der Waals surface area contributed by atoms with Crippen molar-refractivity contribution in [1.29, 1.82) is 0 Å². The Hall–Kier alpha value is -0.820. The fourth-order valence-corrected chi connectivity index (χ4v) is 1.71. The molecule has 1 aliphatic carbocycles. The second-order valence-electron chi connectivity index (χ2n) is 4.07. The number of amides is 1. The number of halogens is 3. The molecule has 0 bridgehead atoms. The van der Waals surface area contributed by atoms with Crippen LogP contribution in [0, 0.1) is 5.92 Å². The summed E-state index contributed by atoms with van der Waals surface area (Å²) in [5.41, 5.74) is 5.58. The Balaban J connectivity index is 2.30. The van der Waals surface area contributed by atoms with E-state index in [1.165, 1.54) is 0 Å². The van der Waals surface area contributed by atoms with Crippen LogP contribution in [0.15, 0.2) is 0 Å². The number of hydrogen-bond acceptors (Lipinski definition) is 3. The third kappa shape index (κ3) is 3.64. The van der Waals surface area contributed by atoms with Crippen LogP contribution in [0.1, 0.15) is 19.3 Å². The molecule has 0 aromatic heterocycles. The number of nitrogens with one attached hydrogen (secondary N) is 1. The fraction of sp³-hybridized carbons (Fsp3) is 0.889. The van der Waals surface area contributed by atoms with E-state index in [1.807, 2.05) is 0 Å². The van der Waals surface area contributed by atoms with Crippen molar-refractivity contribution < 1.29 is 23.1 Å². The number of alkyl halides is 3. The van der Waals surface area contributed by atoms with Crippen molar-refractivity contribution in [1.82, 2.24) is 5.32 Å². The predicted molar refractivity (Wildman–Crippen MR) is 50.4 cm³/mol. The lowest BCUT2D eigenvalue weighted by atomic mass is 10.1. The Morgan fingerprint density at radius 1 is 1.50 bits per heavy atom. The molecule has 3 atom stereocenters. The van der Waals surface area contributed by atoms with Gasteiger partial charge in [0, 0.05) is 12.0 Å². The SMILES string of the molecule is NC1CCC(C(=O)NCC(O)C(F)(F)F)C1. The van der Waals surface area contributed by atoms with E-state index in [2.05, 4.69) is 5.32 Å². The molecule has 0 heterocycles. The third-order valence-corrected chi connectivity index (χ3v) is 2.69. The Labute approximate surface area is 91.0 Å². The van der Waals surface area contributed by atoms with Crippen molar-refractivity contribution in [3.05, 3.63) is 0 Å². The van der Waals surface area contributed by atoms with Crippen LogP contribution in [0.4, 0.5) is 13.2 Å². The van der Waals surface area contributed by atoms with Gasteiger partial charge in [-0.15, -0.1) is 0 Å². The zero-order valence-electron chi connectivity index (χ0n) is 8.63. The molecule has 1 rings (SSSR count). The number of carbonyl (C=O) groups is 1. The van der Waals surface area contributed by atoms with E-state index in [1.54, 1.807) is 0 Å². The molecular weight excluding hydrogens is 225 g/mol. The molecule has 0 aromatic carbocycles. The molecule has 1 saturated carbocycles. The Bertz CT molecular complexity index is 258. The van der Waals surface area contributed by atoms with Crippen LogP contribution in [-0.2, 0) is 4.79 Å². The first-order chi connectivity index (χ1) is 7.30. The fourth-order valence-electron chi connectivity index (χ4n) is 1.71. The number of hydrogen-bond donors (Lipinski definition) is 3. The van der Waals surface area contributed by atoms with Gasteiger partial charge in [0.1, 0.15) is 0 Å². The monoisotopic (exact) mass is 240 g/mol. The van der Waals surface area contributed by atoms with Crippen molar-refractivity contribution in [2.45, 2.75) is 37.6 Å². The van der Waals surface area contributed by atoms with Gasteiger partial charge in [-0.05, 0) is 19.3 Å². The van der Waals surface area contributed by atoms with Crippen molar-refractivity contribution in [2.75, 3.05) is 6.54 Å². The minimum Gasteiger partial charge on any atom is -0.382 e. The summed E-state index contributed by atoms with van der Waals surface area (Å²) >= 11 is 0. The molecule has 7 heteroatoms. The standard InChI is InChI=1S/C9H15F3N2O2/c10-9(11,12)7(15)4-14-8(16)5-1-2-6(13)3-5/h5-7,15H,1-4,13H2,(H,14,16). The maximum absolute atomic E-state index is 11.9. The van der Waals surface area contributed by atoms with E-state index < -0.39 is 24.7 Å². The average molecular weight is 240 g/mol. The summed E-state index contributed by atoms with van der Waals surface area (Å²) < 4.78 is 35.8. The van der Waals surface area contributed by atoms with Gasteiger partial charge in [-0.3, -0.25) is 4.79 Å². The number of rotatable bonds is 3. The van der Waals surface area contributed by atoms with Gasteiger partial charge in [0.15, 0.2) is 6.10 Å². The van der Waals surface area contributed by atoms with Crippen LogP contribution in [-0.4, -0.2) is 35.9 Å². The molecule has 1 fully saturated rings. The van der Waals surface area contributed by atoms with Crippen molar-refractivity contribution >= 4 is 5.91 Å². The molecule has 0 aliphatic heterocycles. The number of nitrogens with two attached hydrogens (primary N) is 1. The number of carbonyl (C=O) groups excluding carboxylic acids is 1. The molecule has 1 aliphatic rings. The third-order valence-electron chi connectivity index (χ3n) is 2.69. The molecule has 1 amide bonds. The van der Waals surface area contributed by atoms with Crippen LogP contribution in [0.25, 0.3) is 0 Å². The molecule has 0 aromatic rings. The first kappa shape index (κ1) is 13.2. The van der Waals surface area contributed by atoms with Crippen LogP contribution >= 0.6 is 0 Å². The normalized spacial score (nSPS) is 27.8. The van der Waals surface area contributed by atoms with Crippen molar-refractivity contribution in [2.24, 2.45) is 11.7 Å². The Kier molecular flexibility index (Phi) is 4.15. The van der Waals surface area contributed by atoms with Crippen LogP contribution in [0.5, 0.6) is 0 Å². The van der Waals surface area contributed by atoms with Crippen LogP contribution in [0.3, 0.4) is 0 Å². The predicted octanol–water partition coefficient (Wildman–Crippen LogP) is 0.153. The van der Waals surface area contributed by atoms with E-state index in [9.17, 15) is 18.0 Å². The first-order valence-corrected chi connectivity index (χ1v) is 5.08. The molecule has 4 nitrogen and oxygen atoms in total. The molecule has 94 valence electrons. The first-order valence-electron chi connectivity index (χ1n) is 5.08. The van der Waals surface area contributed by atoms with Gasteiger partial charge < -0.3 is 16.2 Å². The lowest BCUT2D eigenvalue weighted by Gasteiger charge is -2.16. The lowest BCUT2D eigenvalue weighted by molar-refractivity contribution is -0.202. The number of aliphatic hydroxyl groups excluding tert-OH is 1.